The Hall–Kier alpha value is -0.250. The van der Waals surface area contributed by atoms with Crippen molar-refractivity contribution in [2.24, 2.45) is 0 Å². The molecule has 0 aliphatic carbocycles. The third-order valence-corrected chi connectivity index (χ3v) is 1.72. The molecule has 1 unspecified atom stereocenters. The quantitative estimate of drug-likeness (QED) is 0.596. The molecule has 0 saturated heterocycles. The second kappa shape index (κ2) is 2.78. The van der Waals surface area contributed by atoms with Crippen molar-refractivity contribution in [3.8, 4) is 0 Å². The van der Waals surface area contributed by atoms with E-state index in [4.69, 9.17) is 0 Å². The average Bonchev–Trinajstić information content (AvgIpc) is 1.84. The first-order valence-electron chi connectivity index (χ1n) is 2.99. The molecule has 0 spiro atoms. The lowest BCUT2D eigenvalue weighted by Crippen LogP contribution is -2.43. The summed E-state index contributed by atoms with van der Waals surface area (Å²) < 4.78 is 40.3. The molecule has 0 N–H and O–H groups in total. The summed E-state index contributed by atoms with van der Waals surface area (Å²) in [6, 6.07) is 0. The van der Waals surface area contributed by atoms with E-state index in [0.717, 1.165) is 14.0 Å². The van der Waals surface area contributed by atoms with Crippen molar-refractivity contribution in [1.82, 2.24) is 0 Å². The van der Waals surface area contributed by atoms with Gasteiger partial charge < -0.3 is 4.74 Å². The predicted octanol–water partition coefficient (Wildman–Crippen LogP) is 2.36. The molecule has 1 atom stereocenters. The van der Waals surface area contributed by atoms with E-state index in [0.29, 0.717) is 0 Å². The first-order chi connectivity index (χ1) is 4.37. The van der Waals surface area contributed by atoms with Crippen LogP contribution in [-0.2, 0) is 4.74 Å². The second-order valence-electron chi connectivity index (χ2n) is 2.29. The molecule has 0 heterocycles. The minimum Gasteiger partial charge on any atom is -0.369 e. The fourth-order valence-electron chi connectivity index (χ4n) is 0.461. The average molecular weight is 156 g/mol. The normalized spacial score (nSPS) is 18.6. The monoisotopic (exact) mass is 156 g/mol. The molecule has 0 saturated carbocycles. The van der Waals surface area contributed by atoms with Gasteiger partial charge in [-0.25, -0.2) is 0 Å². The molecule has 0 fully saturated rings. The number of hydrogen-bond donors (Lipinski definition) is 0. The summed E-state index contributed by atoms with van der Waals surface area (Å²) in [6.45, 7) is 2.48. The van der Waals surface area contributed by atoms with E-state index in [1.54, 1.807) is 0 Å². The van der Waals surface area contributed by atoms with E-state index >= 15 is 0 Å². The predicted molar refractivity (Wildman–Crippen MR) is 31.8 cm³/mol. The molecule has 0 rings (SSSR count). The molecule has 0 bridgehead atoms. The Morgan fingerprint density at radius 1 is 1.30 bits per heavy atom. The lowest BCUT2D eigenvalue weighted by Gasteiger charge is -2.28. The molecule has 1 nitrogen and oxygen atoms in total. The van der Waals surface area contributed by atoms with Crippen molar-refractivity contribution < 1.29 is 17.9 Å². The van der Waals surface area contributed by atoms with Gasteiger partial charge in [-0.05, 0) is 13.3 Å². The summed E-state index contributed by atoms with van der Waals surface area (Å²) in [7, 11) is 1.07. The van der Waals surface area contributed by atoms with Crippen LogP contribution >= 0.6 is 0 Å². The van der Waals surface area contributed by atoms with E-state index < -0.39 is 11.8 Å². The summed E-state index contributed by atoms with van der Waals surface area (Å²) in [4.78, 5) is 0. The largest absolute Gasteiger partial charge is 0.417 e. The van der Waals surface area contributed by atoms with Gasteiger partial charge in [0.15, 0.2) is 5.60 Å². The first kappa shape index (κ1) is 9.75. The minimum atomic E-state index is -4.27. The fraction of sp³-hybridized carbons (Fsp3) is 1.00. The van der Waals surface area contributed by atoms with Crippen molar-refractivity contribution in [3.05, 3.63) is 0 Å². The van der Waals surface area contributed by atoms with Crippen molar-refractivity contribution >= 4 is 0 Å². The first-order valence-corrected chi connectivity index (χ1v) is 2.99. The zero-order valence-corrected chi connectivity index (χ0v) is 6.25. The van der Waals surface area contributed by atoms with Crippen molar-refractivity contribution in [3.63, 3.8) is 0 Å². The molecule has 62 valence electrons. The Bertz CT molecular complexity index is 104. The second-order valence-corrected chi connectivity index (χ2v) is 2.29. The van der Waals surface area contributed by atoms with Gasteiger partial charge >= 0.3 is 6.18 Å². The van der Waals surface area contributed by atoms with Crippen LogP contribution < -0.4 is 0 Å². The third kappa shape index (κ3) is 1.62. The van der Waals surface area contributed by atoms with Crippen LogP contribution in [0.2, 0.25) is 0 Å². The summed E-state index contributed by atoms with van der Waals surface area (Å²) in [6.07, 6.45) is -4.33. The lowest BCUT2D eigenvalue weighted by atomic mass is 10.0. The van der Waals surface area contributed by atoms with E-state index in [9.17, 15) is 13.2 Å². The van der Waals surface area contributed by atoms with E-state index in [1.165, 1.54) is 6.92 Å². The molecule has 0 radical (unpaired) electrons. The molecule has 0 aliphatic rings. The number of rotatable bonds is 2. The zero-order valence-electron chi connectivity index (χ0n) is 6.25. The Morgan fingerprint density at radius 3 is 1.70 bits per heavy atom. The van der Waals surface area contributed by atoms with Crippen LogP contribution in [0.25, 0.3) is 0 Å². The summed E-state index contributed by atoms with van der Waals surface area (Å²) >= 11 is 0. The Balaban J connectivity index is 4.33. The molecule has 4 heteroatoms. The van der Waals surface area contributed by atoms with Crippen molar-refractivity contribution in [2.45, 2.75) is 32.0 Å². The number of methoxy groups -OCH3 is 1. The highest BCUT2D eigenvalue weighted by Gasteiger charge is 2.50. The highest BCUT2D eigenvalue weighted by molar-refractivity contribution is 4.81. The van der Waals surface area contributed by atoms with Gasteiger partial charge in [0.1, 0.15) is 0 Å². The summed E-state index contributed by atoms with van der Waals surface area (Å²) in [5.41, 5.74) is -1.98. The van der Waals surface area contributed by atoms with Gasteiger partial charge in [0.25, 0.3) is 0 Å². The number of ether oxygens (including phenoxy) is 1. The van der Waals surface area contributed by atoms with Crippen molar-refractivity contribution in [2.75, 3.05) is 7.11 Å². The maximum absolute atomic E-state index is 12.0. The summed E-state index contributed by atoms with van der Waals surface area (Å²) in [5.74, 6) is 0. The standard InChI is InChI=1S/C6H11F3O/c1-4-5(2,10-3)6(7,8)9/h4H2,1-3H3. The Morgan fingerprint density at radius 2 is 1.70 bits per heavy atom. The van der Waals surface area contributed by atoms with Crippen LogP contribution in [0.15, 0.2) is 0 Å². The van der Waals surface area contributed by atoms with Crippen molar-refractivity contribution in [1.29, 1.82) is 0 Å². The van der Waals surface area contributed by atoms with Crippen LogP contribution in [0.3, 0.4) is 0 Å². The number of alkyl halides is 3. The van der Waals surface area contributed by atoms with E-state index in [1.807, 2.05) is 0 Å². The third-order valence-electron chi connectivity index (χ3n) is 1.72. The van der Waals surface area contributed by atoms with Gasteiger partial charge in [-0.15, -0.1) is 0 Å². The maximum atomic E-state index is 12.0. The van der Waals surface area contributed by atoms with Crippen LogP contribution in [0.4, 0.5) is 13.2 Å². The van der Waals surface area contributed by atoms with Gasteiger partial charge in [0.05, 0.1) is 0 Å². The van der Waals surface area contributed by atoms with Gasteiger partial charge in [0, 0.05) is 7.11 Å². The highest BCUT2D eigenvalue weighted by Crippen LogP contribution is 2.34. The topological polar surface area (TPSA) is 9.23 Å². The maximum Gasteiger partial charge on any atom is 0.417 e. The Kier molecular flexibility index (Phi) is 2.71. The molecule has 10 heavy (non-hydrogen) atoms. The molecule has 0 aromatic heterocycles. The van der Waals surface area contributed by atoms with Gasteiger partial charge in [0.2, 0.25) is 0 Å². The smallest absolute Gasteiger partial charge is 0.369 e. The van der Waals surface area contributed by atoms with Crippen LogP contribution in [0.5, 0.6) is 0 Å². The molecule has 0 aromatic carbocycles. The SMILES string of the molecule is CCC(C)(OC)C(F)(F)F. The van der Waals surface area contributed by atoms with Crippen LogP contribution in [0, 0.1) is 0 Å². The zero-order chi connectivity index (χ0) is 8.41. The molecular weight excluding hydrogens is 145 g/mol. The molecule has 0 aliphatic heterocycles. The summed E-state index contributed by atoms with van der Waals surface area (Å²) in [5, 5.41) is 0. The van der Waals surface area contributed by atoms with E-state index in [2.05, 4.69) is 4.74 Å². The minimum absolute atomic E-state index is 0.0625. The number of halogens is 3. The molecule has 0 aromatic rings. The van der Waals surface area contributed by atoms with Crippen LogP contribution in [-0.4, -0.2) is 18.9 Å². The lowest BCUT2D eigenvalue weighted by molar-refractivity contribution is -0.263. The van der Waals surface area contributed by atoms with Gasteiger partial charge in [-0.3, -0.25) is 0 Å². The van der Waals surface area contributed by atoms with Gasteiger partial charge in [-0.2, -0.15) is 13.2 Å². The van der Waals surface area contributed by atoms with Crippen LogP contribution in [0.1, 0.15) is 20.3 Å². The van der Waals surface area contributed by atoms with E-state index in [-0.39, 0.29) is 6.42 Å². The molecular formula is C6H11F3O. The molecule has 0 amide bonds. The fourth-order valence-corrected chi connectivity index (χ4v) is 0.461. The van der Waals surface area contributed by atoms with Gasteiger partial charge in [-0.1, -0.05) is 6.92 Å². The number of hydrogen-bond acceptors (Lipinski definition) is 1. The highest BCUT2D eigenvalue weighted by atomic mass is 19.4. The Labute approximate surface area is 58.2 Å².